The van der Waals surface area contributed by atoms with Crippen LogP contribution in [0, 0.1) is 0 Å². The van der Waals surface area contributed by atoms with E-state index in [1.54, 1.807) is 25.3 Å². The molecule has 1 atom stereocenters. The molecule has 0 aliphatic carbocycles. The van der Waals surface area contributed by atoms with Gasteiger partial charge in [0.25, 0.3) is 0 Å². The van der Waals surface area contributed by atoms with Gasteiger partial charge in [-0.05, 0) is 31.5 Å². The zero-order chi connectivity index (χ0) is 14.7. The molecular weight excluding hydrogens is 256 g/mol. The number of imidazole rings is 1. The number of aryl methyl sites for hydroxylation is 1. The fourth-order valence-electron chi connectivity index (χ4n) is 2.26. The predicted octanol–water partition coefficient (Wildman–Crippen LogP) is 2.72. The lowest BCUT2D eigenvalue weighted by molar-refractivity contribution is 0.0697. The van der Waals surface area contributed by atoms with E-state index in [0.717, 1.165) is 29.7 Å². The number of carboxylic acid groups (broad SMARTS) is 1. The minimum absolute atomic E-state index is 0.0523. The first-order chi connectivity index (χ1) is 9.56. The Morgan fingerprint density at radius 3 is 2.85 bits per heavy atom. The van der Waals surface area contributed by atoms with E-state index >= 15 is 0 Å². The average molecular weight is 276 g/mol. The minimum Gasteiger partial charge on any atom is -0.478 e. The number of aromatic carboxylic acids is 1. The van der Waals surface area contributed by atoms with Crippen molar-refractivity contribution in [3.8, 4) is 0 Å². The minimum atomic E-state index is -0.920. The maximum absolute atomic E-state index is 11.1. The molecule has 1 N–H and O–H groups in total. The Labute approximate surface area is 118 Å². The molecule has 0 spiro atoms. The molecule has 2 aromatic rings. The molecule has 0 radical (unpaired) electrons. The van der Waals surface area contributed by atoms with Crippen LogP contribution in [0.5, 0.6) is 0 Å². The maximum Gasteiger partial charge on any atom is 0.335 e. The Hall–Kier alpha value is -1.88. The van der Waals surface area contributed by atoms with Gasteiger partial charge in [-0.2, -0.15) is 0 Å². The van der Waals surface area contributed by atoms with Gasteiger partial charge < -0.3 is 14.4 Å². The predicted molar refractivity (Wildman–Crippen MR) is 77.2 cm³/mol. The third-order valence-corrected chi connectivity index (χ3v) is 3.39. The van der Waals surface area contributed by atoms with Crippen LogP contribution in [-0.4, -0.2) is 33.8 Å². The number of fused-ring (bicyclic) bond motifs is 1. The van der Waals surface area contributed by atoms with Crippen molar-refractivity contribution in [2.24, 2.45) is 0 Å². The van der Waals surface area contributed by atoms with Crippen molar-refractivity contribution >= 4 is 17.0 Å². The van der Waals surface area contributed by atoms with E-state index in [0.29, 0.717) is 6.54 Å². The number of ether oxygens (including phenoxy) is 1. The third-order valence-electron chi connectivity index (χ3n) is 3.39. The number of carbonyl (C=O) groups is 1. The van der Waals surface area contributed by atoms with Crippen LogP contribution in [0.1, 0.15) is 36.5 Å². The zero-order valence-electron chi connectivity index (χ0n) is 12.1. The number of hydrogen-bond acceptors (Lipinski definition) is 3. The Balaban J connectivity index is 2.54. The van der Waals surface area contributed by atoms with Crippen molar-refractivity contribution in [1.29, 1.82) is 0 Å². The van der Waals surface area contributed by atoms with Crippen molar-refractivity contribution in [2.75, 3.05) is 7.11 Å². The Bertz CT molecular complexity index is 619. The summed E-state index contributed by atoms with van der Waals surface area (Å²) >= 11 is 0. The summed E-state index contributed by atoms with van der Waals surface area (Å²) in [5, 5.41) is 9.12. The monoisotopic (exact) mass is 276 g/mol. The molecule has 1 heterocycles. The molecular formula is C15H20N2O3. The highest BCUT2D eigenvalue weighted by Crippen LogP contribution is 2.20. The number of aromatic nitrogens is 2. The van der Waals surface area contributed by atoms with Crippen molar-refractivity contribution in [3.63, 3.8) is 0 Å². The second-order valence-corrected chi connectivity index (χ2v) is 4.94. The molecule has 0 saturated heterocycles. The van der Waals surface area contributed by atoms with Gasteiger partial charge in [0.2, 0.25) is 0 Å². The number of rotatable bonds is 6. The Morgan fingerprint density at radius 2 is 2.25 bits per heavy atom. The number of hydrogen-bond donors (Lipinski definition) is 1. The fourth-order valence-corrected chi connectivity index (χ4v) is 2.26. The molecule has 0 amide bonds. The summed E-state index contributed by atoms with van der Waals surface area (Å²) in [5.74, 6) is 0.0606. The van der Waals surface area contributed by atoms with E-state index < -0.39 is 5.97 Å². The summed E-state index contributed by atoms with van der Waals surface area (Å²) in [4.78, 5) is 15.7. The SMILES string of the molecule is CCCc1nc2ccc(C(=O)O)cc2n1CC(C)OC. The van der Waals surface area contributed by atoms with Crippen LogP contribution in [0.2, 0.25) is 0 Å². The lowest BCUT2D eigenvalue weighted by atomic mass is 10.2. The number of benzene rings is 1. The van der Waals surface area contributed by atoms with E-state index in [1.807, 2.05) is 6.92 Å². The van der Waals surface area contributed by atoms with Gasteiger partial charge in [-0.3, -0.25) is 0 Å². The second-order valence-electron chi connectivity index (χ2n) is 4.94. The molecule has 1 aromatic heterocycles. The van der Waals surface area contributed by atoms with Gasteiger partial charge in [-0.15, -0.1) is 0 Å². The summed E-state index contributed by atoms with van der Waals surface area (Å²) in [5.41, 5.74) is 1.98. The maximum atomic E-state index is 11.1. The molecule has 0 aliphatic heterocycles. The smallest absolute Gasteiger partial charge is 0.335 e. The molecule has 0 aliphatic rings. The topological polar surface area (TPSA) is 64.3 Å². The van der Waals surface area contributed by atoms with Crippen LogP contribution in [0.3, 0.4) is 0 Å². The molecule has 108 valence electrons. The van der Waals surface area contributed by atoms with Crippen LogP contribution in [0.4, 0.5) is 0 Å². The van der Waals surface area contributed by atoms with Gasteiger partial charge in [-0.25, -0.2) is 9.78 Å². The number of carboxylic acids is 1. The first kappa shape index (κ1) is 14.5. The Morgan fingerprint density at radius 1 is 1.50 bits per heavy atom. The van der Waals surface area contributed by atoms with Crippen molar-refractivity contribution in [2.45, 2.75) is 39.3 Å². The van der Waals surface area contributed by atoms with Gasteiger partial charge in [0.1, 0.15) is 5.82 Å². The summed E-state index contributed by atoms with van der Waals surface area (Å²) in [6, 6.07) is 5.05. The summed E-state index contributed by atoms with van der Waals surface area (Å²) in [7, 11) is 1.67. The van der Waals surface area contributed by atoms with Crippen LogP contribution in [0.15, 0.2) is 18.2 Å². The van der Waals surface area contributed by atoms with Crippen molar-refractivity contribution in [3.05, 3.63) is 29.6 Å². The van der Waals surface area contributed by atoms with Gasteiger partial charge in [0, 0.05) is 13.5 Å². The van der Waals surface area contributed by atoms with Gasteiger partial charge >= 0.3 is 5.97 Å². The van der Waals surface area contributed by atoms with Crippen LogP contribution in [0.25, 0.3) is 11.0 Å². The highest BCUT2D eigenvalue weighted by atomic mass is 16.5. The molecule has 0 bridgehead atoms. The molecule has 0 saturated carbocycles. The van der Waals surface area contributed by atoms with Gasteiger partial charge in [0.05, 0.1) is 29.2 Å². The normalized spacial score (nSPS) is 12.8. The number of methoxy groups -OCH3 is 1. The van der Waals surface area contributed by atoms with Gasteiger partial charge in [0.15, 0.2) is 0 Å². The molecule has 5 heteroatoms. The second kappa shape index (κ2) is 6.05. The molecule has 2 rings (SSSR count). The lowest BCUT2D eigenvalue weighted by Crippen LogP contribution is -2.16. The average Bonchev–Trinajstić information content (AvgIpc) is 2.76. The van der Waals surface area contributed by atoms with E-state index in [-0.39, 0.29) is 11.7 Å². The first-order valence-corrected chi connectivity index (χ1v) is 6.82. The van der Waals surface area contributed by atoms with Crippen LogP contribution in [-0.2, 0) is 17.7 Å². The first-order valence-electron chi connectivity index (χ1n) is 6.82. The molecule has 1 aromatic carbocycles. The largest absolute Gasteiger partial charge is 0.478 e. The van der Waals surface area contributed by atoms with Gasteiger partial charge in [-0.1, -0.05) is 6.92 Å². The standard InChI is InChI=1S/C15H20N2O3/c1-4-5-14-16-12-7-6-11(15(18)19)8-13(12)17(14)9-10(2)20-3/h6-8,10H,4-5,9H2,1-3H3,(H,18,19). The summed E-state index contributed by atoms with van der Waals surface area (Å²) in [6.07, 6.45) is 1.92. The fraction of sp³-hybridized carbons (Fsp3) is 0.467. The number of nitrogens with zero attached hydrogens (tertiary/aromatic N) is 2. The quantitative estimate of drug-likeness (QED) is 0.881. The summed E-state index contributed by atoms with van der Waals surface area (Å²) in [6.45, 7) is 4.76. The third kappa shape index (κ3) is 2.82. The highest BCUT2D eigenvalue weighted by molar-refractivity contribution is 5.92. The summed E-state index contributed by atoms with van der Waals surface area (Å²) < 4.78 is 7.39. The molecule has 20 heavy (non-hydrogen) atoms. The van der Waals surface area contributed by atoms with Crippen molar-refractivity contribution in [1.82, 2.24) is 9.55 Å². The Kier molecular flexibility index (Phi) is 4.39. The zero-order valence-corrected chi connectivity index (χ0v) is 12.1. The van der Waals surface area contributed by atoms with Crippen LogP contribution < -0.4 is 0 Å². The van der Waals surface area contributed by atoms with E-state index in [2.05, 4.69) is 16.5 Å². The molecule has 5 nitrogen and oxygen atoms in total. The van der Waals surface area contributed by atoms with E-state index in [1.165, 1.54) is 0 Å². The molecule has 0 fully saturated rings. The highest BCUT2D eigenvalue weighted by Gasteiger charge is 2.14. The van der Waals surface area contributed by atoms with Crippen molar-refractivity contribution < 1.29 is 14.6 Å². The van der Waals surface area contributed by atoms with E-state index in [9.17, 15) is 4.79 Å². The molecule has 1 unspecified atom stereocenters. The van der Waals surface area contributed by atoms with E-state index in [4.69, 9.17) is 9.84 Å². The lowest BCUT2D eigenvalue weighted by Gasteiger charge is -2.14. The van der Waals surface area contributed by atoms with Crippen LogP contribution >= 0.6 is 0 Å².